The zero-order chi connectivity index (χ0) is 24.1. The van der Waals surface area contributed by atoms with Crippen molar-refractivity contribution >= 4 is 23.2 Å². The molecular formula is C27H35ClN6O. The number of hydrogen-bond donors (Lipinski definition) is 2. The molecule has 0 atom stereocenters. The Hall–Kier alpha value is -2.40. The summed E-state index contributed by atoms with van der Waals surface area (Å²) in [6.45, 7) is 4.37. The summed E-state index contributed by atoms with van der Waals surface area (Å²) in [6.07, 6.45) is 10.7. The summed E-state index contributed by atoms with van der Waals surface area (Å²) in [5.41, 5.74) is 1.25. The van der Waals surface area contributed by atoms with Crippen LogP contribution in [0, 0.1) is 16.7 Å². The predicted octanol–water partition coefficient (Wildman–Crippen LogP) is 5.35. The van der Waals surface area contributed by atoms with Crippen molar-refractivity contribution in [3.05, 3.63) is 35.5 Å². The molecule has 2 aromatic rings. The molecule has 2 aromatic heterocycles. The lowest BCUT2D eigenvalue weighted by atomic mass is 9.82. The van der Waals surface area contributed by atoms with E-state index in [1.165, 1.54) is 51.6 Å². The van der Waals surface area contributed by atoms with Gasteiger partial charge in [-0.3, -0.25) is 0 Å². The van der Waals surface area contributed by atoms with Crippen molar-refractivity contribution in [2.24, 2.45) is 5.41 Å². The van der Waals surface area contributed by atoms with Crippen LogP contribution in [0.15, 0.2) is 30.5 Å². The Kier molecular flexibility index (Phi) is 7.72. The number of nitrogens with one attached hydrogen (secondary N) is 2. The molecule has 0 spiro atoms. The number of nitriles is 1. The molecule has 186 valence electrons. The first kappa shape index (κ1) is 24.3. The molecule has 2 saturated heterocycles. The molecule has 0 radical (unpaired) electrons. The Morgan fingerprint density at radius 3 is 2.63 bits per heavy atom. The number of likely N-dealkylation sites (tertiary alicyclic amines) is 1. The van der Waals surface area contributed by atoms with Gasteiger partial charge in [-0.25, -0.2) is 9.97 Å². The fourth-order valence-corrected chi connectivity index (χ4v) is 5.85. The second-order valence-electron chi connectivity index (χ2n) is 10.2. The van der Waals surface area contributed by atoms with Crippen LogP contribution in [0.25, 0.3) is 11.3 Å². The van der Waals surface area contributed by atoms with Crippen molar-refractivity contribution in [1.82, 2.24) is 14.9 Å². The van der Waals surface area contributed by atoms with Crippen LogP contribution in [-0.4, -0.2) is 59.8 Å². The minimum atomic E-state index is -0.408. The predicted molar refractivity (Wildman–Crippen MR) is 140 cm³/mol. The Morgan fingerprint density at radius 2 is 1.89 bits per heavy atom. The third kappa shape index (κ3) is 5.88. The maximum absolute atomic E-state index is 9.72. The summed E-state index contributed by atoms with van der Waals surface area (Å²) in [5.74, 6) is 1.59. The van der Waals surface area contributed by atoms with Crippen molar-refractivity contribution in [3.8, 4) is 17.3 Å². The van der Waals surface area contributed by atoms with E-state index in [0.717, 1.165) is 41.8 Å². The van der Waals surface area contributed by atoms with Crippen molar-refractivity contribution < 1.29 is 4.74 Å². The average Bonchev–Trinajstić information content (AvgIpc) is 3.45. The first-order valence-electron chi connectivity index (χ1n) is 13.0. The minimum absolute atomic E-state index is 0.408. The lowest BCUT2D eigenvalue weighted by molar-refractivity contribution is 0.0455. The Morgan fingerprint density at radius 1 is 1.11 bits per heavy atom. The van der Waals surface area contributed by atoms with Crippen LogP contribution in [0.1, 0.15) is 51.4 Å². The lowest BCUT2D eigenvalue weighted by Gasteiger charge is -2.35. The van der Waals surface area contributed by atoms with E-state index in [1.54, 1.807) is 6.20 Å². The van der Waals surface area contributed by atoms with E-state index in [-0.39, 0.29) is 0 Å². The molecule has 1 aliphatic carbocycles. The van der Waals surface area contributed by atoms with Gasteiger partial charge in [0.15, 0.2) is 0 Å². The third-order valence-electron chi connectivity index (χ3n) is 7.88. The summed E-state index contributed by atoms with van der Waals surface area (Å²) in [5, 5.41) is 17.3. The number of hydrogen-bond acceptors (Lipinski definition) is 7. The van der Waals surface area contributed by atoms with Gasteiger partial charge in [0.05, 0.1) is 22.2 Å². The van der Waals surface area contributed by atoms with Gasteiger partial charge < -0.3 is 20.3 Å². The molecular weight excluding hydrogens is 460 g/mol. The van der Waals surface area contributed by atoms with Gasteiger partial charge in [-0.2, -0.15) is 5.26 Å². The fourth-order valence-electron chi connectivity index (χ4n) is 5.65. The summed E-state index contributed by atoms with van der Waals surface area (Å²) in [6, 6.07) is 11.6. The van der Waals surface area contributed by atoms with Crippen LogP contribution in [0.4, 0.5) is 11.6 Å². The van der Waals surface area contributed by atoms with Crippen LogP contribution < -0.4 is 10.6 Å². The van der Waals surface area contributed by atoms with Crippen molar-refractivity contribution in [1.29, 1.82) is 5.26 Å². The van der Waals surface area contributed by atoms with Gasteiger partial charge in [-0.15, -0.1) is 0 Å². The van der Waals surface area contributed by atoms with Gasteiger partial charge in [-0.05, 0) is 82.7 Å². The topological polar surface area (TPSA) is 86.1 Å². The fraction of sp³-hybridized carbons (Fsp3) is 0.593. The quantitative estimate of drug-likeness (QED) is 0.536. The smallest absolute Gasteiger partial charge is 0.126 e. The highest BCUT2D eigenvalue weighted by Crippen LogP contribution is 2.33. The highest BCUT2D eigenvalue weighted by molar-refractivity contribution is 6.33. The molecule has 0 amide bonds. The highest BCUT2D eigenvalue weighted by Gasteiger charge is 2.32. The monoisotopic (exact) mass is 494 g/mol. The number of rotatable bonds is 7. The second-order valence-corrected chi connectivity index (χ2v) is 10.6. The summed E-state index contributed by atoms with van der Waals surface area (Å²) in [7, 11) is 0. The molecule has 5 rings (SSSR count). The SMILES string of the molecule is N#CC1(CNc2cccc(-c3cc(N[C@H]4CC[C@H](N5CCCC5)CC4)ncc3Cl)n2)CCOCC1. The standard InChI is InChI=1S/C27H35ClN6O/c28-23-17-30-26(32-20-6-8-21(9-7-20)34-12-1-2-13-34)16-22(23)24-4-3-5-25(33-24)31-19-27(18-29)10-14-35-15-11-27/h3-5,16-17,20-21H,1-2,6-15,19H2,(H,30,32)(H,31,33)/t20-,21-. The lowest BCUT2D eigenvalue weighted by Crippen LogP contribution is -2.38. The summed E-state index contributed by atoms with van der Waals surface area (Å²) in [4.78, 5) is 12.0. The van der Waals surface area contributed by atoms with E-state index in [2.05, 4.69) is 26.6 Å². The van der Waals surface area contributed by atoms with Gasteiger partial charge >= 0.3 is 0 Å². The first-order chi connectivity index (χ1) is 17.1. The van der Waals surface area contributed by atoms with Crippen molar-refractivity contribution in [2.45, 2.75) is 63.5 Å². The van der Waals surface area contributed by atoms with Crippen LogP contribution >= 0.6 is 11.6 Å². The van der Waals surface area contributed by atoms with Crippen LogP contribution in [0.2, 0.25) is 5.02 Å². The molecule has 7 nitrogen and oxygen atoms in total. The van der Waals surface area contributed by atoms with Crippen molar-refractivity contribution in [2.75, 3.05) is 43.5 Å². The van der Waals surface area contributed by atoms with Gasteiger partial charge in [0.2, 0.25) is 0 Å². The summed E-state index contributed by atoms with van der Waals surface area (Å²) >= 11 is 6.55. The van der Waals surface area contributed by atoms with E-state index >= 15 is 0 Å². The summed E-state index contributed by atoms with van der Waals surface area (Å²) < 4.78 is 5.44. The number of anilines is 2. The van der Waals surface area contributed by atoms with Crippen LogP contribution in [0.3, 0.4) is 0 Å². The molecule has 3 fully saturated rings. The second kappa shape index (κ2) is 11.1. The van der Waals surface area contributed by atoms with E-state index in [0.29, 0.717) is 30.8 Å². The molecule has 2 N–H and O–H groups in total. The van der Waals surface area contributed by atoms with Crippen LogP contribution in [-0.2, 0) is 4.74 Å². The zero-order valence-electron chi connectivity index (χ0n) is 20.3. The Balaban J connectivity index is 1.23. The van der Waals surface area contributed by atoms with Crippen LogP contribution in [0.5, 0.6) is 0 Å². The van der Waals surface area contributed by atoms with E-state index in [9.17, 15) is 5.26 Å². The molecule has 0 aromatic carbocycles. The van der Waals surface area contributed by atoms with Gasteiger partial charge in [0.25, 0.3) is 0 Å². The zero-order valence-corrected chi connectivity index (χ0v) is 21.1. The molecule has 0 bridgehead atoms. The Bertz CT molecular complexity index is 1040. The van der Waals surface area contributed by atoms with E-state index < -0.39 is 5.41 Å². The number of aromatic nitrogens is 2. The molecule has 3 aliphatic rings. The molecule has 0 unspecified atom stereocenters. The van der Waals surface area contributed by atoms with Crippen molar-refractivity contribution in [3.63, 3.8) is 0 Å². The third-order valence-corrected chi connectivity index (χ3v) is 8.18. The van der Waals surface area contributed by atoms with Gasteiger partial charge in [0.1, 0.15) is 11.6 Å². The maximum atomic E-state index is 9.72. The molecule has 2 aliphatic heterocycles. The normalized spacial score (nSPS) is 24.6. The maximum Gasteiger partial charge on any atom is 0.126 e. The molecule has 8 heteroatoms. The molecule has 1 saturated carbocycles. The molecule has 4 heterocycles. The Labute approximate surface area is 213 Å². The number of pyridine rings is 2. The average molecular weight is 495 g/mol. The number of halogens is 1. The number of ether oxygens (including phenoxy) is 1. The molecule has 35 heavy (non-hydrogen) atoms. The number of nitrogens with zero attached hydrogens (tertiary/aromatic N) is 4. The first-order valence-corrected chi connectivity index (χ1v) is 13.4. The van der Waals surface area contributed by atoms with E-state index in [4.69, 9.17) is 21.3 Å². The van der Waals surface area contributed by atoms with Gasteiger partial charge in [0, 0.05) is 43.6 Å². The highest BCUT2D eigenvalue weighted by atomic mass is 35.5. The van der Waals surface area contributed by atoms with Gasteiger partial charge in [-0.1, -0.05) is 17.7 Å². The minimum Gasteiger partial charge on any atom is -0.381 e. The largest absolute Gasteiger partial charge is 0.381 e. The van der Waals surface area contributed by atoms with E-state index in [1.807, 2.05) is 24.3 Å².